The number of anilines is 1. The van der Waals surface area contributed by atoms with Gasteiger partial charge in [-0.15, -0.1) is 0 Å². The summed E-state index contributed by atoms with van der Waals surface area (Å²) >= 11 is 0. The van der Waals surface area contributed by atoms with Crippen LogP contribution in [0.1, 0.15) is 30.2 Å². The smallest absolute Gasteiger partial charge is 0.281 e. The fourth-order valence-electron chi connectivity index (χ4n) is 3.54. The average Bonchev–Trinajstić information content (AvgIpc) is 3.47. The minimum atomic E-state index is -2.66. The quantitative estimate of drug-likeness (QED) is 0.584. The Labute approximate surface area is 158 Å². The molecule has 1 N–H and O–H groups in total. The summed E-state index contributed by atoms with van der Waals surface area (Å²) in [5, 5.41) is 0. The van der Waals surface area contributed by atoms with Crippen molar-refractivity contribution in [1.82, 2.24) is 34.3 Å². The highest BCUT2D eigenvalue weighted by Crippen LogP contribution is 2.29. The highest BCUT2D eigenvalue weighted by atomic mass is 19.3. The molecule has 1 aliphatic rings. The van der Waals surface area contributed by atoms with E-state index in [0.29, 0.717) is 23.1 Å². The SMILES string of the molecule is FC(F)c1cn2c(-c3nccc(N4CCC(c5c[nH]cn5)C4)n3)cnc2cn1. The van der Waals surface area contributed by atoms with E-state index in [9.17, 15) is 8.78 Å². The largest absolute Gasteiger partial charge is 0.356 e. The van der Waals surface area contributed by atoms with Crippen LogP contribution in [0, 0.1) is 0 Å². The zero-order chi connectivity index (χ0) is 19.1. The maximum Gasteiger partial charge on any atom is 0.281 e. The van der Waals surface area contributed by atoms with Gasteiger partial charge in [0.05, 0.1) is 24.4 Å². The molecule has 10 heteroatoms. The Balaban J connectivity index is 1.46. The van der Waals surface area contributed by atoms with Crippen molar-refractivity contribution in [3.8, 4) is 11.5 Å². The lowest BCUT2D eigenvalue weighted by atomic mass is 10.1. The van der Waals surface area contributed by atoms with Crippen molar-refractivity contribution in [3.63, 3.8) is 0 Å². The molecular formula is C18H16F2N8. The highest BCUT2D eigenvalue weighted by Gasteiger charge is 2.26. The Morgan fingerprint density at radius 2 is 2.07 bits per heavy atom. The molecule has 0 amide bonds. The van der Waals surface area contributed by atoms with Gasteiger partial charge in [0.1, 0.15) is 17.2 Å². The first-order valence-electron chi connectivity index (χ1n) is 8.87. The van der Waals surface area contributed by atoms with Crippen LogP contribution in [0.3, 0.4) is 0 Å². The van der Waals surface area contributed by atoms with Gasteiger partial charge in [0.2, 0.25) is 0 Å². The zero-order valence-electron chi connectivity index (χ0n) is 14.7. The second kappa shape index (κ2) is 6.63. The van der Waals surface area contributed by atoms with Gasteiger partial charge >= 0.3 is 0 Å². The molecule has 28 heavy (non-hydrogen) atoms. The molecule has 0 spiro atoms. The van der Waals surface area contributed by atoms with Crippen molar-refractivity contribution in [3.05, 3.63) is 54.8 Å². The summed E-state index contributed by atoms with van der Waals surface area (Å²) in [5.74, 6) is 1.57. The monoisotopic (exact) mass is 382 g/mol. The number of rotatable bonds is 4. The molecule has 4 aromatic rings. The maximum absolute atomic E-state index is 13.0. The fourth-order valence-corrected chi connectivity index (χ4v) is 3.54. The van der Waals surface area contributed by atoms with Gasteiger partial charge in [-0.25, -0.2) is 33.7 Å². The summed E-state index contributed by atoms with van der Waals surface area (Å²) < 4.78 is 27.6. The van der Waals surface area contributed by atoms with Crippen LogP contribution >= 0.6 is 0 Å². The van der Waals surface area contributed by atoms with Gasteiger partial charge in [-0.1, -0.05) is 0 Å². The van der Waals surface area contributed by atoms with Crippen molar-refractivity contribution in [2.24, 2.45) is 0 Å². The third kappa shape index (κ3) is 2.86. The molecule has 0 saturated carbocycles. The first-order chi connectivity index (χ1) is 13.7. The van der Waals surface area contributed by atoms with Crippen molar-refractivity contribution in [1.29, 1.82) is 0 Å². The predicted molar refractivity (Wildman–Crippen MR) is 97.1 cm³/mol. The molecule has 0 aromatic carbocycles. The maximum atomic E-state index is 13.0. The van der Waals surface area contributed by atoms with Gasteiger partial charge in [0, 0.05) is 37.6 Å². The van der Waals surface area contributed by atoms with Crippen molar-refractivity contribution in [2.45, 2.75) is 18.8 Å². The van der Waals surface area contributed by atoms with E-state index >= 15 is 0 Å². The lowest BCUT2D eigenvalue weighted by Gasteiger charge is -2.17. The van der Waals surface area contributed by atoms with E-state index in [-0.39, 0.29) is 5.69 Å². The summed E-state index contributed by atoms with van der Waals surface area (Å²) in [6, 6.07) is 1.85. The fraction of sp³-hybridized carbons (Fsp3) is 0.278. The van der Waals surface area contributed by atoms with Gasteiger partial charge in [-0.05, 0) is 12.5 Å². The summed E-state index contributed by atoms with van der Waals surface area (Å²) in [6.45, 7) is 1.68. The van der Waals surface area contributed by atoms with Crippen LogP contribution in [0.25, 0.3) is 17.2 Å². The Morgan fingerprint density at radius 3 is 2.89 bits per heavy atom. The van der Waals surface area contributed by atoms with E-state index in [4.69, 9.17) is 0 Å². The van der Waals surface area contributed by atoms with E-state index in [1.807, 2.05) is 12.3 Å². The summed E-state index contributed by atoms with van der Waals surface area (Å²) in [7, 11) is 0. The molecule has 0 aliphatic carbocycles. The molecular weight excluding hydrogens is 366 g/mol. The topological polar surface area (TPSA) is 87.9 Å². The molecule has 5 rings (SSSR count). The molecule has 1 saturated heterocycles. The molecule has 5 heterocycles. The Morgan fingerprint density at radius 1 is 1.14 bits per heavy atom. The normalized spacial score (nSPS) is 17.1. The third-order valence-electron chi connectivity index (χ3n) is 4.96. The highest BCUT2D eigenvalue weighted by molar-refractivity contribution is 5.58. The second-order valence-electron chi connectivity index (χ2n) is 6.65. The molecule has 0 radical (unpaired) electrons. The summed E-state index contributed by atoms with van der Waals surface area (Å²) in [6.07, 6.45) is 7.79. The molecule has 1 aliphatic heterocycles. The standard InChI is InChI=1S/C18H16F2N8/c19-17(20)13-9-28-14(6-24-16(28)7-23-13)18-22-3-1-15(26-18)27-4-2-11(8-27)12-5-21-10-25-12/h1,3,5-7,9-11,17H,2,4,8H2,(H,21,25). The van der Waals surface area contributed by atoms with E-state index in [1.165, 1.54) is 12.4 Å². The van der Waals surface area contributed by atoms with Gasteiger partial charge < -0.3 is 9.88 Å². The van der Waals surface area contributed by atoms with Crippen LogP contribution in [0.4, 0.5) is 14.6 Å². The number of nitrogens with one attached hydrogen (secondary N) is 1. The van der Waals surface area contributed by atoms with E-state index in [0.717, 1.165) is 31.0 Å². The van der Waals surface area contributed by atoms with Crippen LogP contribution < -0.4 is 4.90 Å². The molecule has 0 bridgehead atoms. The molecule has 1 unspecified atom stereocenters. The zero-order valence-corrected chi connectivity index (χ0v) is 14.7. The molecule has 4 aromatic heterocycles. The van der Waals surface area contributed by atoms with Crippen LogP contribution in [0.2, 0.25) is 0 Å². The van der Waals surface area contributed by atoms with Crippen LogP contribution in [-0.2, 0) is 0 Å². The van der Waals surface area contributed by atoms with E-state index in [2.05, 4.69) is 34.8 Å². The van der Waals surface area contributed by atoms with E-state index in [1.54, 1.807) is 23.1 Å². The second-order valence-corrected chi connectivity index (χ2v) is 6.65. The number of halogens is 2. The van der Waals surface area contributed by atoms with Crippen LogP contribution in [0.5, 0.6) is 0 Å². The Bertz CT molecular complexity index is 1110. The lowest BCUT2D eigenvalue weighted by Crippen LogP contribution is -2.20. The summed E-state index contributed by atoms with van der Waals surface area (Å²) in [5.41, 5.74) is 1.74. The number of nitrogens with zero attached hydrogens (tertiary/aromatic N) is 7. The van der Waals surface area contributed by atoms with Crippen LogP contribution in [0.15, 0.2) is 43.4 Å². The van der Waals surface area contributed by atoms with Gasteiger partial charge in [-0.3, -0.25) is 4.40 Å². The Kier molecular flexibility index (Phi) is 3.96. The van der Waals surface area contributed by atoms with Crippen molar-refractivity contribution in [2.75, 3.05) is 18.0 Å². The van der Waals surface area contributed by atoms with Gasteiger partial charge in [0.15, 0.2) is 11.5 Å². The number of hydrogen-bond donors (Lipinski definition) is 1. The number of aromatic amines is 1. The van der Waals surface area contributed by atoms with Gasteiger partial charge in [-0.2, -0.15) is 0 Å². The minimum absolute atomic E-state index is 0.315. The third-order valence-corrected chi connectivity index (χ3v) is 4.96. The molecule has 142 valence electrons. The Hall–Kier alpha value is -3.43. The number of aromatic nitrogens is 7. The number of H-pyrrole nitrogens is 1. The first-order valence-corrected chi connectivity index (χ1v) is 8.87. The molecule has 1 atom stereocenters. The van der Waals surface area contributed by atoms with Crippen LogP contribution in [-0.4, -0.2) is 47.4 Å². The lowest BCUT2D eigenvalue weighted by molar-refractivity contribution is 0.145. The predicted octanol–water partition coefficient (Wildman–Crippen LogP) is 2.84. The average molecular weight is 382 g/mol. The number of alkyl halides is 2. The van der Waals surface area contributed by atoms with Gasteiger partial charge in [0.25, 0.3) is 6.43 Å². The summed E-state index contributed by atoms with van der Waals surface area (Å²) in [4.78, 5) is 26.5. The van der Waals surface area contributed by atoms with Crippen molar-refractivity contribution < 1.29 is 8.78 Å². The van der Waals surface area contributed by atoms with Crippen molar-refractivity contribution >= 4 is 11.5 Å². The molecule has 8 nitrogen and oxygen atoms in total. The first kappa shape index (κ1) is 16.7. The molecule has 1 fully saturated rings. The number of hydrogen-bond acceptors (Lipinski definition) is 6. The number of imidazole rings is 2. The van der Waals surface area contributed by atoms with E-state index < -0.39 is 6.43 Å². The minimum Gasteiger partial charge on any atom is -0.356 e. The number of fused-ring (bicyclic) bond motifs is 1.